The summed E-state index contributed by atoms with van der Waals surface area (Å²) in [7, 11) is 0. The highest BCUT2D eigenvalue weighted by atomic mass is 16.5. The molecule has 0 aliphatic heterocycles. The van der Waals surface area contributed by atoms with Crippen LogP contribution in [0.5, 0.6) is 0 Å². The van der Waals surface area contributed by atoms with E-state index in [1.54, 1.807) is 0 Å². The lowest BCUT2D eigenvalue weighted by molar-refractivity contribution is 0.321. The van der Waals surface area contributed by atoms with Crippen LogP contribution in [0.2, 0.25) is 0 Å². The van der Waals surface area contributed by atoms with Gasteiger partial charge in [-0.05, 0) is 25.0 Å². The summed E-state index contributed by atoms with van der Waals surface area (Å²) in [6, 6.07) is 9.39. The maximum Gasteiger partial charge on any atom is 0.290 e. The van der Waals surface area contributed by atoms with Gasteiger partial charge in [0.15, 0.2) is 0 Å². The van der Waals surface area contributed by atoms with Gasteiger partial charge in [0, 0.05) is 0 Å². The van der Waals surface area contributed by atoms with Crippen molar-refractivity contribution in [2.24, 2.45) is 0 Å². The molecule has 0 atom stereocenters. The first-order chi connectivity index (χ1) is 7.61. The summed E-state index contributed by atoms with van der Waals surface area (Å²) < 4.78 is 6.85. The summed E-state index contributed by atoms with van der Waals surface area (Å²) in [5.74, 6) is 0.880. The first-order valence-corrected chi connectivity index (χ1v) is 5.39. The minimum Gasteiger partial charge on any atom is -0.376 e. The van der Waals surface area contributed by atoms with Crippen LogP contribution in [0, 0.1) is 6.92 Å². The molecule has 0 saturated carbocycles. The van der Waals surface area contributed by atoms with E-state index in [1.165, 1.54) is 4.74 Å². The zero-order chi connectivity index (χ0) is 11.7. The molecular weight excluding hydrogens is 202 g/mol. The standard InChI is InChI=1S/C13H15NO2/c1-9(2)12-10(3)16-14(13(12)15)11-7-5-4-6-8-11/h4-9H,1-3H3. The zero-order valence-electron chi connectivity index (χ0n) is 9.73. The third-order valence-electron chi connectivity index (χ3n) is 2.59. The van der Waals surface area contributed by atoms with E-state index in [2.05, 4.69) is 0 Å². The van der Waals surface area contributed by atoms with Crippen LogP contribution in [0.25, 0.3) is 5.69 Å². The second-order valence-corrected chi connectivity index (χ2v) is 4.15. The molecule has 1 aromatic heterocycles. The smallest absolute Gasteiger partial charge is 0.290 e. The molecule has 0 spiro atoms. The quantitative estimate of drug-likeness (QED) is 0.775. The van der Waals surface area contributed by atoms with Crippen molar-refractivity contribution in [3.8, 4) is 5.69 Å². The molecule has 0 bridgehead atoms. The lowest BCUT2D eigenvalue weighted by Gasteiger charge is -1.98. The number of hydrogen-bond donors (Lipinski definition) is 0. The first kappa shape index (κ1) is 10.7. The molecule has 0 N–H and O–H groups in total. The predicted molar refractivity (Wildman–Crippen MR) is 63.1 cm³/mol. The largest absolute Gasteiger partial charge is 0.376 e. The van der Waals surface area contributed by atoms with Crippen molar-refractivity contribution in [3.05, 3.63) is 52.0 Å². The number of hydrogen-bond acceptors (Lipinski definition) is 2. The van der Waals surface area contributed by atoms with E-state index in [1.807, 2.05) is 51.1 Å². The number of rotatable bonds is 2. The summed E-state index contributed by atoms with van der Waals surface area (Å²) >= 11 is 0. The van der Waals surface area contributed by atoms with Crippen LogP contribution in [-0.2, 0) is 0 Å². The van der Waals surface area contributed by atoms with E-state index in [0.29, 0.717) is 5.76 Å². The number of para-hydroxylation sites is 1. The first-order valence-electron chi connectivity index (χ1n) is 5.39. The van der Waals surface area contributed by atoms with Gasteiger partial charge < -0.3 is 4.52 Å². The van der Waals surface area contributed by atoms with Crippen molar-refractivity contribution in [1.82, 2.24) is 4.74 Å². The average Bonchev–Trinajstić information content (AvgIpc) is 2.55. The van der Waals surface area contributed by atoms with Crippen LogP contribution in [0.4, 0.5) is 0 Å². The van der Waals surface area contributed by atoms with Gasteiger partial charge in [0.05, 0.1) is 11.3 Å². The molecule has 3 heteroatoms. The molecule has 0 saturated heterocycles. The molecule has 0 radical (unpaired) electrons. The van der Waals surface area contributed by atoms with Gasteiger partial charge in [-0.2, -0.15) is 0 Å². The van der Waals surface area contributed by atoms with Crippen LogP contribution in [-0.4, -0.2) is 4.74 Å². The Labute approximate surface area is 94.3 Å². The maximum atomic E-state index is 12.1. The van der Waals surface area contributed by atoms with Crippen LogP contribution in [0.15, 0.2) is 39.6 Å². The lowest BCUT2D eigenvalue weighted by atomic mass is 10.1. The topological polar surface area (TPSA) is 35.1 Å². The van der Waals surface area contributed by atoms with Gasteiger partial charge in [0.1, 0.15) is 5.76 Å². The van der Waals surface area contributed by atoms with Gasteiger partial charge in [0.25, 0.3) is 5.56 Å². The van der Waals surface area contributed by atoms with Gasteiger partial charge in [-0.15, -0.1) is 4.74 Å². The summed E-state index contributed by atoms with van der Waals surface area (Å²) in [4.78, 5) is 12.1. The second kappa shape index (κ2) is 4.00. The Morgan fingerprint density at radius 3 is 2.31 bits per heavy atom. The molecule has 0 unspecified atom stereocenters. The number of aromatic nitrogens is 1. The maximum absolute atomic E-state index is 12.1. The minimum atomic E-state index is -0.0568. The van der Waals surface area contributed by atoms with E-state index < -0.39 is 0 Å². The molecule has 0 aliphatic carbocycles. The zero-order valence-corrected chi connectivity index (χ0v) is 9.73. The van der Waals surface area contributed by atoms with E-state index in [0.717, 1.165) is 11.3 Å². The Morgan fingerprint density at radius 1 is 1.19 bits per heavy atom. The van der Waals surface area contributed by atoms with Crippen LogP contribution < -0.4 is 5.56 Å². The second-order valence-electron chi connectivity index (χ2n) is 4.15. The van der Waals surface area contributed by atoms with Gasteiger partial charge in [-0.25, -0.2) is 0 Å². The normalized spacial score (nSPS) is 11.0. The molecule has 84 valence electrons. The summed E-state index contributed by atoms with van der Waals surface area (Å²) in [5.41, 5.74) is 1.46. The van der Waals surface area contributed by atoms with Crippen LogP contribution >= 0.6 is 0 Å². The van der Waals surface area contributed by atoms with E-state index in [-0.39, 0.29) is 11.5 Å². The molecule has 1 heterocycles. The molecule has 1 aromatic carbocycles. The van der Waals surface area contributed by atoms with Crippen molar-refractivity contribution in [3.63, 3.8) is 0 Å². The van der Waals surface area contributed by atoms with E-state index >= 15 is 0 Å². The highest BCUT2D eigenvalue weighted by Crippen LogP contribution is 2.17. The minimum absolute atomic E-state index is 0.0568. The fourth-order valence-electron chi connectivity index (χ4n) is 1.87. The van der Waals surface area contributed by atoms with Crippen molar-refractivity contribution in [2.75, 3.05) is 0 Å². The van der Waals surface area contributed by atoms with Crippen molar-refractivity contribution in [2.45, 2.75) is 26.7 Å². The monoisotopic (exact) mass is 217 g/mol. The van der Waals surface area contributed by atoms with Crippen molar-refractivity contribution in [1.29, 1.82) is 0 Å². The Bertz CT molecular complexity index is 535. The Balaban J connectivity index is 2.61. The summed E-state index contributed by atoms with van der Waals surface area (Å²) in [6.45, 7) is 5.82. The number of nitrogens with zero attached hydrogens (tertiary/aromatic N) is 1. The molecular formula is C13H15NO2. The molecule has 3 nitrogen and oxygen atoms in total. The summed E-state index contributed by atoms with van der Waals surface area (Å²) in [6.07, 6.45) is 0. The number of benzene rings is 1. The SMILES string of the molecule is Cc1on(-c2ccccc2)c(=O)c1C(C)C. The summed E-state index contributed by atoms with van der Waals surface area (Å²) in [5, 5.41) is 0. The van der Waals surface area contributed by atoms with Gasteiger partial charge >= 0.3 is 0 Å². The Hall–Kier alpha value is -1.77. The van der Waals surface area contributed by atoms with E-state index in [4.69, 9.17) is 4.52 Å². The lowest BCUT2D eigenvalue weighted by Crippen LogP contribution is -2.16. The fraction of sp³-hybridized carbons (Fsp3) is 0.308. The Kier molecular flexibility index (Phi) is 2.69. The molecule has 0 amide bonds. The molecule has 2 rings (SSSR count). The predicted octanol–water partition coefficient (Wildman–Crippen LogP) is 2.86. The highest BCUT2D eigenvalue weighted by molar-refractivity contribution is 5.31. The van der Waals surface area contributed by atoms with Gasteiger partial charge in [-0.3, -0.25) is 4.79 Å². The average molecular weight is 217 g/mol. The molecule has 16 heavy (non-hydrogen) atoms. The fourth-order valence-corrected chi connectivity index (χ4v) is 1.87. The van der Waals surface area contributed by atoms with Crippen LogP contribution in [0.1, 0.15) is 31.1 Å². The third-order valence-corrected chi connectivity index (χ3v) is 2.59. The van der Waals surface area contributed by atoms with Crippen molar-refractivity contribution < 1.29 is 4.52 Å². The molecule has 2 aromatic rings. The van der Waals surface area contributed by atoms with Crippen molar-refractivity contribution >= 4 is 0 Å². The van der Waals surface area contributed by atoms with E-state index in [9.17, 15) is 4.79 Å². The Morgan fingerprint density at radius 2 is 1.81 bits per heavy atom. The molecule has 0 fully saturated rings. The highest BCUT2D eigenvalue weighted by Gasteiger charge is 2.17. The third kappa shape index (κ3) is 1.69. The molecule has 0 aliphatic rings. The van der Waals surface area contributed by atoms with Gasteiger partial charge in [0.2, 0.25) is 0 Å². The van der Waals surface area contributed by atoms with Crippen LogP contribution in [0.3, 0.4) is 0 Å². The van der Waals surface area contributed by atoms with Gasteiger partial charge in [-0.1, -0.05) is 32.0 Å². The number of aryl methyl sites for hydroxylation is 1.